The van der Waals surface area contributed by atoms with Crippen LogP contribution in [-0.2, 0) is 11.2 Å². The van der Waals surface area contributed by atoms with Crippen LogP contribution in [0.25, 0.3) is 10.9 Å². The van der Waals surface area contributed by atoms with Gasteiger partial charge >= 0.3 is 5.97 Å². The number of ketones is 1. The summed E-state index contributed by atoms with van der Waals surface area (Å²) in [5.74, 6) is -0.679. The maximum atomic E-state index is 12.9. The van der Waals surface area contributed by atoms with E-state index in [1.165, 1.54) is 0 Å². The maximum absolute atomic E-state index is 12.9. The Morgan fingerprint density at radius 2 is 1.64 bits per heavy atom. The van der Waals surface area contributed by atoms with Crippen LogP contribution in [0.2, 0.25) is 0 Å². The number of para-hydroxylation sites is 1. The number of aromatic nitrogens is 1. The molecule has 2 aromatic carbocycles. The number of fused-ring (bicyclic) bond motifs is 1. The Labute approximate surface area is 165 Å². The Morgan fingerprint density at radius 1 is 0.964 bits per heavy atom. The second-order valence-electron chi connectivity index (χ2n) is 7.18. The maximum Gasteiger partial charge on any atom is 0.339 e. The molecule has 0 bridgehead atoms. The number of carbonyl (C=O) groups is 2. The van der Waals surface area contributed by atoms with Crippen molar-refractivity contribution in [2.75, 3.05) is 6.61 Å². The first-order valence-electron chi connectivity index (χ1n) is 9.49. The molecule has 4 heteroatoms. The Balaban J connectivity index is 1.89. The molecular formula is C24H25NO3. The van der Waals surface area contributed by atoms with Crippen LogP contribution in [0.3, 0.4) is 0 Å². The second kappa shape index (κ2) is 7.93. The van der Waals surface area contributed by atoms with E-state index in [2.05, 4.69) is 4.98 Å². The molecule has 0 unspecified atom stereocenters. The third-order valence-corrected chi connectivity index (χ3v) is 5.25. The lowest BCUT2D eigenvalue weighted by Crippen LogP contribution is -2.17. The van der Waals surface area contributed by atoms with Gasteiger partial charge in [0.05, 0.1) is 11.1 Å². The summed E-state index contributed by atoms with van der Waals surface area (Å²) in [6.45, 7) is 9.49. The van der Waals surface area contributed by atoms with Gasteiger partial charge in [-0.3, -0.25) is 9.78 Å². The second-order valence-corrected chi connectivity index (χ2v) is 7.18. The van der Waals surface area contributed by atoms with E-state index in [9.17, 15) is 9.59 Å². The summed E-state index contributed by atoms with van der Waals surface area (Å²) >= 11 is 0. The van der Waals surface area contributed by atoms with Crippen molar-refractivity contribution < 1.29 is 14.3 Å². The number of aryl methyl sites for hydroxylation is 4. The predicted molar refractivity (Wildman–Crippen MR) is 111 cm³/mol. The summed E-state index contributed by atoms with van der Waals surface area (Å²) in [6, 6.07) is 11.4. The van der Waals surface area contributed by atoms with Crippen LogP contribution in [0.1, 0.15) is 55.6 Å². The Morgan fingerprint density at radius 3 is 2.36 bits per heavy atom. The van der Waals surface area contributed by atoms with Crippen molar-refractivity contribution in [2.45, 2.75) is 41.0 Å². The smallest absolute Gasteiger partial charge is 0.339 e. The third-order valence-electron chi connectivity index (χ3n) is 5.25. The molecule has 0 atom stereocenters. The molecule has 28 heavy (non-hydrogen) atoms. The monoisotopic (exact) mass is 375 g/mol. The SMILES string of the molecule is CCc1nc2ccccc2c(C(=O)OCC(=O)c2cc(C)c(C)cc2C)c1C. The molecule has 0 spiro atoms. The minimum absolute atomic E-state index is 0.194. The Bertz CT molecular complexity index is 1080. The molecule has 0 aliphatic heterocycles. The largest absolute Gasteiger partial charge is 0.454 e. The summed E-state index contributed by atoms with van der Waals surface area (Å²) < 4.78 is 5.44. The van der Waals surface area contributed by atoms with Gasteiger partial charge in [0.2, 0.25) is 5.78 Å². The van der Waals surface area contributed by atoms with Crippen LogP contribution < -0.4 is 0 Å². The van der Waals surface area contributed by atoms with Crippen LogP contribution in [0.5, 0.6) is 0 Å². The normalized spacial score (nSPS) is 10.9. The zero-order chi connectivity index (χ0) is 20.4. The molecule has 0 fully saturated rings. The van der Waals surface area contributed by atoms with Gasteiger partial charge in [-0.2, -0.15) is 0 Å². The average Bonchev–Trinajstić information content (AvgIpc) is 2.68. The van der Waals surface area contributed by atoms with Crippen molar-refractivity contribution in [1.82, 2.24) is 4.98 Å². The molecule has 0 saturated carbocycles. The number of hydrogen-bond donors (Lipinski definition) is 0. The molecule has 0 saturated heterocycles. The van der Waals surface area contributed by atoms with Crippen molar-refractivity contribution in [3.8, 4) is 0 Å². The molecule has 0 aliphatic rings. The number of carbonyl (C=O) groups excluding carboxylic acids is 2. The lowest BCUT2D eigenvalue weighted by Gasteiger charge is -2.14. The van der Waals surface area contributed by atoms with Crippen molar-refractivity contribution >= 4 is 22.7 Å². The fourth-order valence-electron chi connectivity index (χ4n) is 3.51. The zero-order valence-corrected chi connectivity index (χ0v) is 17.1. The number of hydrogen-bond acceptors (Lipinski definition) is 4. The Kier molecular flexibility index (Phi) is 5.59. The molecule has 3 aromatic rings. The van der Waals surface area contributed by atoms with E-state index in [-0.39, 0.29) is 12.4 Å². The molecule has 1 heterocycles. The molecule has 0 radical (unpaired) electrons. The fourth-order valence-corrected chi connectivity index (χ4v) is 3.51. The van der Waals surface area contributed by atoms with E-state index in [1.807, 2.05) is 71.0 Å². The van der Waals surface area contributed by atoms with Crippen LogP contribution in [0.15, 0.2) is 36.4 Å². The van der Waals surface area contributed by atoms with Gasteiger partial charge in [0, 0.05) is 16.6 Å². The molecule has 0 N–H and O–H groups in total. The number of benzene rings is 2. The first-order chi connectivity index (χ1) is 13.3. The van der Waals surface area contributed by atoms with Gasteiger partial charge in [-0.1, -0.05) is 31.2 Å². The highest BCUT2D eigenvalue weighted by atomic mass is 16.5. The topological polar surface area (TPSA) is 56.3 Å². The quantitative estimate of drug-likeness (QED) is 0.461. The first kappa shape index (κ1) is 19.7. The van der Waals surface area contributed by atoms with E-state index in [0.717, 1.165) is 45.3 Å². The van der Waals surface area contributed by atoms with Gasteiger partial charge in [0.1, 0.15) is 0 Å². The minimum atomic E-state index is -0.486. The van der Waals surface area contributed by atoms with Gasteiger partial charge in [-0.05, 0) is 68.5 Å². The lowest BCUT2D eigenvalue weighted by molar-refractivity contribution is 0.0475. The highest BCUT2D eigenvalue weighted by molar-refractivity contribution is 6.06. The number of nitrogens with zero attached hydrogens (tertiary/aromatic N) is 1. The van der Waals surface area contributed by atoms with Gasteiger partial charge in [0.15, 0.2) is 6.61 Å². The van der Waals surface area contributed by atoms with E-state index in [4.69, 9.17) is 4.74 Å². The summed E-state index contributed by atoms with van der Waals surface area (Å²) in [6.07, 6.45) is 0.720. The summed E-state index contributed by atoms with van der Waals surface area (Å²) in [7, 11) is 0. The first-order valence-corrected chi connectivity index (χ1v) is 9.49. The van der Waals surface area contributed by atoms with Crippen LogP contribution in [0.4, 0.5) is 0 Å². The predicted octanol–water partition coefficient (Wildman–Crippen LogP) is 5.07. The van der Waals surface area contributed by atoms with E-state index in [1.54, 1.807) is 0 Å². The van der Waals surface area contributed by atoms with Crippen molar-refractivity contribution in [2.24, 2.45) is 0 Å². The number of Topliss-reactive ketones (excluding diaryl/α,β-unsaturated/α-hetero) is 1. The van der Waals surface area contributed by atoms with Crippen LogP contribution >= 0.6 is 0 Å². The minimum Gasteiger partial charge on any atom is -0.454 e. The van der Waals surface area contributed by atoms with Gasteiger partial charge in [-0.25, -0.2) is 4.79 Å². The molecule has 0 amide bonds. The highest BCUT2D eigenvalue weighted by Gasteiger charge is 2.20. The summed E-state index contributed by atoms with van der Waals surface area (Å²) in [5, 5.41) is 0.747. The lowest BCUT2D eigenvalue weighted by atomic mass is 9.98. The standard InChI is InChI=1S/C24H25NO3/c1-6-20-17(5)23(18-9-7-8-10-21(18)25-20)24(27)28-13-22(26)19-12-15(3)14(2)11-16(19)4/h7-12H,6,13H2,1-5H3. The van der Waals surface area contributed by atoms with E-state index < -0.39 is 5.97 Å². The zero-order valence-electron chi connectivity index (χ0n) is 17.1. The molecular weight excluding hydrogens is 350 g/mol. The summed E-state index contributed by atoms with van der Waals surface area (Å²) in [4.78, 5) is 30.2. The van der Waals surface area contributed by atoms with Crippen LogP contribution in [-0.4, -0.2) is 23.3 Å². The van der Waals surface area contributed by atoms with Gasteiger partial charge in [-0.15, -0.1) is 0 Å². The van der Waals surface area contributed by atoms with Crippen molar-refractivity contribution in [3.63, 3.8) is 0 Å². The van der Waals surface area contributed by atoms with Gasteiger partial charge < -0.3 is 4.74 Å². The molecule has 1 aromatic heterocycles. The molecule has 3 rings (SSSR count). The average molecular weight is 375 g/mol. The van der Waals surface area contributed by atoms with Crippen molar-refractivity contribution in [3.05, 3.63) is 75.5 Å². The number of rotatable bonds is 5. The van der Waals surface area contributed by atoms with E-state index in [0.29, 0.717) is 11.1 Å². The number of pyridine rings is 1. The van der Waals surface area contributed by atoms with Crippen LogP contribution in [0, 0.1) is 27.7 Å². The molecule has 4 nitrogen and oxygen atoms in total. The summed E-state index contributed by atoms with van der Waals surface area (Å²) in [5.41, 5.74) is 6.59. The van der Waals surface area contributed by atoms with Crippen molar-refractivity contribution in [1.29, 1.82) is 0 Å². The third kappa shape index (κ3) is 3.68. The molecule has 0 aliphatic carbocycles. The molecule has 144 valence electrons. The number of esters is 1. The van der Waals surface area contributed by atoms with E-state index >= 15 is 0 Å². The number of ether oxygens (including phenoxy) is 1. The highest BCUT2D eigenvalue weighted by Crippen LogP contribution is 2.24. The van der Waals surface area contributed by atoms with Gasteiger partial charge in [0.25, 0.3) is 0 Å². The Hall–Kier alpha value is -3.01. The fraction of sp³-hybridized carbons (Fsp3) is 0.292.